The zero-order valence-corrected chi connectivity index (χ0v) is 12.7. The van der Waals surface area contributed by atoms with Crippen molar-refractivity contribution in [2.45, 2.75) is 45.6 Å². The van der Waals surface area contributed by atoms with Crippen LogP contribution in [0.15, 0.2) is 18.2 Å². The molecule has 0 heterocycles. The molecule has 108 valence electrons. The van der Waals surface area contributed by atoms with Crippen molar-refractivity contribution in [3.63, 3.8) is 0 Å². The molecule has 0 aromatic heterocycles. The molecular weight excluding hydrogens is 238 g/mol. The number of ether oxygens (including phenoxy) is 2. The molecule has 1 unspecified atom stereocenters. The van der Waals surface area contributed by atoms with Gasteiger partial charge in [0.15, 0.2) is 0 Å². The van der Waals surface area contributed by atoms with E-state index in [1.165, 1.54) is 31.2 Å². The highest BCUT2D eigenvalue weighted by Crippen LogP contribution is 2.29. The number of rotatable bonds is 9. The van der Waals surface area contributed by atoms with E-state index in [9.17, 15) is 0 Å². The Labute approximate surface area is 117 Å². The second-order valence-corrected chi connectivity index (χ2v) is 4.84. The molecular formula is C16H27NO2. The predicted molar refractivity (Wildman–Crippen MR) is 80.1 cm³/mol. The Hall–Kier alpha value is -1.22. The van der Waals surface area contributed by atoms with Crippen molar-refractivity contribution in [1.29, 1.82) is 0 Å². The molecule has 0 radical (unpaired) electrons. The maximum absolute atomic E-state index is 5.43. The lowest BCUT2D eigenvalue weighted by Crippen LogP contribution is -2.20. The molecule has 0 aliphatic carbocycles. The normalized spacial score (nSPS) is 12.2. The predicted octanol–water partition coefficient (Wildman–Crippen LogP) is 3.93. The van der Waals surface area contributed by atoms with Gasteiger partial charge in [0, 0.05) is 17.7 Å². The van der Waals surface area contributed by atoms with Crippen LogP contribution in [0.25, 0.3) is 0 Å². The van der Waals surface area contributed by atoms with Gasteiger partial charge in [-0.1, -0.05) is 32.3 Å². The summed E-state index contributed by atoms with van der Waals surface area (Å²) in [7, 11) is 3.37. The van der Waals surface area contributed by atoms with Gasteiger partial charge < -0.3 is 14.8 Å². The number of benzene rings is 1. The molecule has 1 aromatic rings. The Kier molecular flexibility index (Phi) is 7.34. The molecule has 0 aliphatic heterocycles. The molecule has 0 saturated heterocycles. The number of hydrogen-bond donors (Lipinski definition) is 1. The van der Waals surface area contributed by atoms with Gasteiger partial charge in [0.1, 0.15) is 11.5 Å². The minimum atomic E-state index is 0.294. The molecule has 1 rings (SSSR count). The lowest BCUT2D eigenvalue weighted by molar-refractivity contribution is 0.385. The van der Waals surface area contributed by atoms with Gasteiger partial charge in [0.05, 0.1) is 14.2 Å². The lowest BCUT2D eigenvalue weighted by Gasteiger charge is -2.18. The van der Waals surface area contributed by atoms with E-state index in [1.807, 2.05) is 12.1 Å². The first-order chi connectivity index (χ1) is 9.22. The first kappa shape index (κ1) is 15.8. The van der Waals surface area contributed by atoms with Crippen LogP contribution < -0.4 is 14.8 Å². The molecule has 1 atom stereocenters. The van der Waals surface area contributed by atoms with Crippen molar-refractivity contribution in [2.24, 2.45) is 0 Å². The summed E-state index contributed by atoms with van der Waals surface area (Å²) in [6.45, 7) is 5.46. The molecule has 19 heavy (non-hydrogen) atoms. The molecule has 1 aromatic carbocycles. The molecule has 1 N–H and O–H groups in total. The van der Waals surface area contributed by atoms with Gasteiger partial charge in [-0.3, -0.25) is 0 Å². The summed E-state index contributed by atoms with van der Waals surface area (Å²) in [6.07, 6.45) is 5.14. The third kappa shape index (κ3) is 5.11. The van der Waals surface area contributed by atoms with Gasteiger partial charge in [-0.05, 0) is 26.0 Å². The van der Waals surface area contributed by atoms with E-state index in [0.717, 1.165) is 18.0 Å². The smallest absolute Gasteiger partial charge is 0.127 e. The Balaban J connectivity index is 2.53. The van der Waals surface area contributed by atoms with E-state index in [-0.39, 0.29) is 0 Å². The topological polar surface area (TPSA) is 30.5 Å². The summed E-state index contributed by atoms with van der Waals surface area (Å²) in [4.78, 5) is 0. The highest BCUT2D eigenvalue weighted by Gasteiger charge is 2.11. The van der Waals surface area contributed by atoms with E-state index >= 15 is 0 Å². The molecule has 0 bridgehead atoms. The summed E-state index contributed by atoms with van der Waals surface area (Å²) < 4.78 is 10.7. The Morgan fingerprint density at radius 2 is 1.89 bits per heavy atom. The fraction of sp³-hybridized carbons (Fsp3) is 0.625. The SMILES string of the molecule is CCCCCCNC(C)c1ccc(OC)cc1OC. The van der Waals surface area contributed by atoms with Crippen molar-refractivity contribution < 1.29 is 9.47 Å². The average Bonchev–Trinajstić information content (AvgIpc) is 2.46. The van der Waals surface area contributed by atoms with Crippen LogP contribution in [0.3, 0.4) is 0 Å². The van der Waals surface area contributed by atoms with E-state index in [2.05, 4.69) is 25.2 Å². The monoisotopic (exact) mass is 265 g/mol. The molecule has 0 aliphatic rings. The maximum atomic E-state index is 5.43. The highest BCUT2D eigenvalue weighted by atomic mass is 16.5. The van der Waals surface area contributed by atoms with Crippen LogP contribution in [-0.4, -0.2) is 20.8 Å². The summed E-state index contributed by atoms with van der Waals surface area (Å²) in [6, 6.07) is 6.28. The Bertz CT molecular complexity index is 366. The summed E-state index contributed by atoms with van der Waals surface area (Å²) in [5.74, 6) is 1.71. The quantitative estimate of drug-likeness (QED) is 0.686. The number of methoxy groups -OCH3 is 2. The van der Waals surface area contributed by atoms with Gasteiger partial charge in [-0.2, -0.15) is 0 Å². The number of nitrogens with one attached hydrogen (secondary N) is 1. The zero-order chi connectivity index (χ0) is 14.1. The van der Waals surface area contributed by atoms with Crippen LogP contribution >= 0.6 is 0 Å². The van der Waals surface area contributed by atoms with E-state index < -0.39 is 0 Å². The molecule has 3 nitrogen and oxygen atoms in total. The summed E-state index contributed by atoms with van der Waals surface area (Å²) in [5, 5.41) is 3.55. The number of unbranched alkanes of at least 4 members (excludes halogenated alkanes) is 3. The van der Waals surface area contributed by atoms with Crippen molar-refractivity contribution in [3.8, 4) is 11.5 Å². The van der Waals surface area contributed by atoms with Crippen LogP contribution in [0.4, 0.5) is 0 Å². The van der Waals surface area contributed by atoms with Gasteiger partial charge in [0.2, 0.25) is 0 Å². The van der Waals surface area contributed by atoms with Crippen LogP contribution in [0.1, 0.15) is 51.1 Å². The van der Waals surface area contributed by atoms with E-state index in [1.54, 1.807) is 14.2 Å². The van der Waals surface area contributed by atoms with Crippen LogP contribution in [0.2, 0.25) is 0 Å². The molecule has 3 heteroatoms. The maximum Gasteiger partial charge on any atom is 0.127 e. The minimum absolute atomic E-state index is 0.294. The first-order valence-electron chi connectivity index (χ1n) is 7.18. The fourth-order valence-electron chi connectivity index (χ4n) is 2.16. The highest BCUT2D eigenvalue weighted by molar-refractivity contribution is 5.42. The van der Waals surface area contributed by atoms with Crippen LogP contribution in [-0.2, 0) is 0 Å². The second-order valence-electron chi connectivity index (χ2n) is 4.84. The standard InChI is InChI=1S/C16H27NO2/c1-5-6-7-8-11-17-13(2)15-10-9-14(18-3)12-16(15)19-4/h9-10,12-13,17H,5-8,11H2,1-4H3. The molecule has 0 amide bonds. The summed E-state index contributed by atoms with van der Waals surface area (Å²) in [5.41, 5.74) is 1.18. The van der Waals surface area contributed by atoms with Gasteiger partial charge in [-0.25, -0.2) is 0 Å². The van der Waals surface area contributed by atoms with Crippen molar-refractivity contribution >= 4 is 0 Å². The largest absolute Gasteiger partial charge is 0.497 e. The number of hydrogen-bond acceptors (Lipinski definition) is 3. The van der Waals surface area contributed by atoms with Crippen molar-refractivity contribution in [1.82, 2.24) is 5.32 Å². The fourth-order valence-corrected chi connectivity index (χ4v) is 2.16. The van der Waals surface area contributed by atoms with E-state index in [4.69, 9.17) is 9.47 Å². The third-order valence-electron chi connectivity index (χ3n) is 3.39. The second kappa shape index (κ2) is 8.81. The molecule has 0 spiro atoms. The van der Waals surface area contributed by atoms with E-state index in [0.29, 0.717) is 6.04 Å². The lowest BCUT2D eigenvalue weighted by atomic mass is 10.1. The Morgan fingerprint density at radius 3 is 2.53 bits per heavy atom. The van der Waals surface area contributed by atoms with Crippen LogP contribution in [0.5, 0.6) is 11.5 Å². The zero-order valence-electron chi connectivity index (χ0n) is 12.7. The Morgan fingerprint density at radius 1 is 1.11 bits per heavy atom. The molecule has 0 saturated carbocycles. The van der Waals surface area contributed by atoms with Gasteiger partial charge in [-0.15, -0.1) is 0 Å². The first-order valence-corrected chi connectivity index (χ1v) is 7.18. The summed E-state index contributed by atoms with van der Waals surface area (Å²) >= 11 is 0. The third-order valence-corrected chi connectivity index (χ3v) is 3.39. The average molecular weight is 265 g/mol. The van der Waals surface area contributed by atoms with Crippen LogP contribution in [0, 0.1) is 0 Å². The molecule has 0 fully saturated rings. The van der Waals surface area contributed by atoms with Gasteiger partial charge >= 0.3 is 0 Å². The van der Waals surface area contributed by atoms with Gasteiger partial charge in [0.25, 0.3) is 0 Å². The van der Waals surface area contributed by atoms with Crippen molar-refractivity contribution in [2.75, 3.05) is 20.8 Å². The van der Waals surface area contributed by atoms with Crippen molar-refractivity contribution in [3.05, 3.63) is 23.8 Å². The minimum Gasteiger partial charge on any atom is -0.497 e.